The number of thioether (sulfide) groups is 2. The van der Waals surface area contributed by atoms with E-state index in [-0.39, 0.29) is 0 Å². The van der Waals surface area contributed by atoms with E-state index in [0.717, 1.165) is 13.2 Å². The molecule has 4 heteroatoms. The molecule has 0 bridgehead atoms. The van der Waals surface area contributed by atoms with Crippen molar-refractivity contribution in [1.29, 1.82) is 0 Å². The minimum absolute atomic E-state index is 0.316. The summed E-state index contributed by atoms with van der Waals surface area (Å²) < 4.78 is 11.5. The average molecular weight is 260 g/mol. The molecule has 0 aromatic heterocycles. The fraction of sp³-hybridized carbons (Fsp3) is 1.00. The Labute approximate surface area is 106 Å². The Morgan fingerprint density at radius 3 is 2.06 bits per heavy atom. The molecule has 16 heavy (non-hydrogen) atoms. The molecule has 1 aliphatic carbocycles. The fourth-order valence-electron chi connectivity index (χ4n) is 2.82. The normalized spacial score (nSPS) is 33.0. The maximum atomic E-state index is 5.49. The van der Waals surface area contributed by atoms with Gasteiger partial charge in [0.05, 0.1) is 17.3 Å². The van der Waals surface area contributed by atoms with Crippen molar-refractivity contribution in [2.24, 2.45) is 5.41 Å². The van der Waals surface area contributed by atoms with E-state index in [1.54, 1.807) is 0 Å². The molecule has 0 unspecified atom stereocenters. The minimum atomic E-state index is 0.316. The van der Waals surface area contributed by atoms with Gasteiger partial charge in [-0.2, -0.15) is 0 Å². The molecule has 2 aliphatic heterocycles. The third-order valence-electron chi connectivity index (χ3n) is 3.88. The van der Waals surface area contributed by atoms with Crippen LogP contribution in [-0.2, 0) is 9.47 Å². The summed E-state index contributed by atoms with van der Waals surface area (Å²) in [6.07, 6.45) is 7.14. The minimum Gasteiger partial charge on any atom is -0.355 e. The van der Waals surface area contributed by atoms with Crippen molar-refractivity contribution in [3.05, 3.63) is 0 Å². The van der Waals surface area contributed by atoms with Gasteiger partial charge in [-0.25, -0.2) is 0 Å². The lowest BCUT2D eigenvalue weighted by Gasteiger charge is -2.48. The molecule has 1 saturated carbocycles. The van der Waals surface area contributed by atoms with Crippen LogP contribution in [0.5, 0.6) is 0 Å². The van der Waals surface area contributed by atoms with Gasteiger partial charge < -0.3 is 9.47 Å². The largest absolute Gasteiger partial charge is 0.355 e. The highest BCUT2D eigenvalue weighted by atomic mass is 32.2. The summed E-state index contributed by atoms with van der Waals surface area (Å²) in [6.45, 7) is 2.31. The lowest BCUT2D eigenvalue weighted by atomic mass is 9.95. The zero-order valence-electron chi connectivity index (χ0n) is 9.70. The Hall–Kier alpha value is 0.620. The highest BCUT2D eigenvalue weighted by molar-refractivity contribution is 8.18. The van der Waals surface area contributed by atoms with Gasteiger partial charge in [0.15, 0.2) is 0 Å². The summed E-state index contributed by atoms with van der Waals surface area (Å²) in [5, 5.41) is 0. The Bertz CT molecular complexity index is 207. The van der Waals surface area contributed by atoms with E-state index in [1.807, 2.05) is 0 Å². The van der Waals surface area contributed by atoms with Crippen LogP contribution >= 0.6 is 23.5 Å². The van der Waals surface area contributed by atoms with Crippen LogP contribution in [0.1, 0.15) is 32.1 Å². The van der Waals surface area contributed by atoms with Gasteiger partial charge in [0.25, 0.3) is 0 Å². The van der Waals surface area contributed by atoms with E-state index in [9.17, 15) is 0 Å². The summed E-state index contributed by atoms with van der Waals surface area (Å²) in [7, 11) is 0. The lowest BCUT2D eigenvalue weighted by Crippen LogP contribution is -2.47. The van der Waals surface area contributed by atoms with Crippen LogP contribution < -0.4 is 0 Å². The van der Waals surface area contributed by atoms with Gasteiger partial charge in [0, 0.05) is 16.9 Å². The second-order valence-electron chi connectivity index (χ2n) is 5.36. The van der Waals surface area contributed by atoms with Gasteiger partial charge in [0.2, 0.25) is 0 Å². The van der Waals surface area contributed by atoms with Crippen molar-refractivity contribution in [1.82, 2.24) is 0 Å². The van der Waals surface area contributed by atoms with E-state index >= 15 is 0 Å². The summed E-state index contributed by atoms with van der Waals surface area (Å²) >= 11 is 4.39. The smallest absolute Gasteiger partial charge is 0.146 e. The summed E-state index contributed by atoms with van der Waals surface area (Å²) in [5.41, 5.74) is 0.316. The molecule has 0 amide bonds. The number of ether oxygens (including phenoxy) is 2. The van der Waals surface area contributed by atoms with Crippen LogP contribution in [0, 0.1) is 5.41 Å². The van der Waals surface area contributed by atoms with E-state index < -0.39 is 0 Å². The summed E-state index contributed by atoms with van der Waals surface area (Å²) in [6, 6.07) is 0. The van der Waals surface area contributed by atoms with E-state index in [0.29, 0.717) is 16.3 Å². The third kappa shape index (κ3) is 2.26. The molecule has 3 aliphatic rings. The summed E-state index contributed by atoms with van der Waals surface area (Å²) in [5.74, 6) is 2.47. The number of rotatable bonds is 0. The first-order chi connectivity index (χ1) is 7.83. The van der Waals surface area contributed by atoms with Gasteiger partial charge >= 0.3 is 0 Å². The first kappa shape index (κ1) is 11.7. The number of hydrogen-bond donors (Lipinski definition) is 0. The van der Waals surface area contributed by atoms with Crippen LogP contribution in [0.3, 0.4) is 0 Å². The zero-order chi connectivity index (χ0) is 10.9. The van der Waals surface area contributed by atoms with Gasteiger partial charge in [0.1, 0.15) is 6.79 Å². The monoisotopic (exact) mass is 260 g/mol. The molecule has 2 spiro atoms. The van der Waals surface area contributed by atoms with E-state index in [2.05, 4.69) is 23.5 Å². The molecule has 2 nitrogen and oxygen atoms in total. The molecular formula is C12H20O2S2. The summed E-state index contributed by atoms with van der Waals surface area (Å²) in [4.78, 5) is 0. The van der Waals surface area contributed by atoms with Crippen molar-refractivity contribution < 1.29 is 9.47 Å². The molecule has 3 rings (SSSR count). The van der Waals surface area contributed by atoms with E-state index in [4.69, 9.17) is 9.47 Å². The van der Waals surface area contributed by atoms with Crippen molar-refractivity contribution in [2.45, 2.75) is 36.2 Å². The van der Waals surface area contributed by atoms with Crippen molar-refractivity contribution in [3.8, 4) is 0 Å². The highest BCUT2D eigenvalue weighted by Crippen LogP contribution is 2.55. The molecule has 2 heterocycles. The predicted octanol–water partition coefficient (Wildman–Crippen LogP) is 3.12. The van der Waals surface area contributed by atoms with Gasteiger partial charge in [-0.05, 0) is 12.8 Å². The second kappa shape index (κ2) is 4.71. The van der Waals surface area contributed by atoms with Crippen LogP contribution in [0.4, 0.5) is 0 Å². The second-order valence-corrected chi connectivity index (χ2v) is 8.34. The van der Waals surface area contributed by atoms with Gasteiger partial charge in [-0.3, -0.25) is 0 Å². The number of hydrogen-bond acceptors (Lipinski definition) is 4. The SMILES string of the molecule is C1CCC2(CC1)SCC1(COCOC1)CS2. The molecule has 0 aromatic carbocycles. The molecule has 2 saturated heterocycles. The van der Waals surface area contributed by atoms with Gasteiger partial charge in [-0.1, -0.05) is 19.3 Å². The van der Waals surface area contributed by atoms with E-state index in [1.165, 1.54) is 43.6 Å². The lowest BCUT2D eigenvalue weighted by molar-refractivity contribution is -0.150. The molecule has 0 atom stereocenters. The molecule has 0 N–H and O–H groups in total. The van der Waals surface area contributed by atoms with Crippen molar-refractivity contribution in [3.63, 3.8) is 0 Å². The first-order valence-electron chi connectivity index (χ1n) is 6.26. The molecule has 0 aromatic rings. The zero-order valence-corrected chi connectivity index (χ0v) is 11.3. The topological polar surface area (TPSA) is 18.5 Å². The standard InChI is InChI=1S/C12H20O2S2/c1-2-4-12(5-3-1)15-8-11(9-16-12)6-13-10-14-7-11/h1-10H2. The van der Waals surface area contributed by atoms with Crippen molar-refractivity contribution >= 4 is 23.5 Å². The third-order valence-corrected chi connectivity index (χ3v) is 7.97. The van der Waals surface area contributed by atoms with Crippen LogP contribution in [0.15, 0.2) is 0 Å². The maximum Gasteiger partial charge on any atom is 0.146 e. The maximum absolute atomic E-state index is 5.49. The molecule has 92 valence electrons. The quantitative estimate of drug-likeness (QED) is 0.666. The van der Waals surface area contributed by atoms with Gasteiger partial charge in [-0.15, -0.1) is 23.5 Å². The molecule has 0 radical (unpaired) electrons. The van der Waals surface area contributed by atoms with Crippen molar-refractivity contribution in [2.75, 3.05) is 31.5 Å². The molecular weight excluding hydrogens is 240 g/mol. The predicted molar refractivity (Wildman–Crippen MR) is 69.9 cm³/mol. The Kier molecular flexibility index (Phi) is 3.44. The van der Waals surface area contributed by atoms with Crippen LogP contribution in [0.25, 0.3) is 0 Å². The fourth-order valence-corrected chi connectivity index (χ4v) is 6.46. The Balaban J connectivity index is 1.61. The van der Waals surface area contributed by atoms with Crippen LogP contribution in [-0.4, -0.2) is 35.6 Å². The molecule has 3 fully saturated rings. The average Bonchev–Trinajstić information content (AvgIpc) is 2.36. The highest BCUT2D eigenvalue weighted by Gasteiger charge is 2.45. The van der Waals surface area contributed by atoms with Crippen LogP contribution in [0.2, 0.25) is 0 Å². The Morgan fingerprint density at radius 1 is 0.812 bits per heavy atom. The first-order valence-corrected chi connectivity index (χ1v) is 8.23. The Morgan fingerprint density at radius 2 is 1.44 bits per heavy atom.